The molecule has 3 nitrogen and oxygen atoms in total. The lowest BCUT2D eigenvalue weighted by atomic mass is 10.3. The van der Waals surface area contributed by atoms with E-state index in [1.807, 2.05) is 19.2 Å². The fraction of sp³-hybridized carbons (Fsp3) is 0.556. The summed E-state index contributed by atoms with van der Waals surface area (Å²) < 4.78 is 7.24. The molecular formula is C9H16N2O. The van der Waals surface area contributed by atoms with Crippen molar-refractivity contribution < 1.29 is 4.74 Å². The first-order valence-corrected chi connectivity index (χ1v) is 4.13. The van der Waals surface area contributed by atoms with Crippen LogP contribution in [0.4, 0.5) is 0 Å². The summed E-state index contributed by atoms with van der Waals surface area (Å²) in [4.78, 5) is 0. The number of nitrogens with two attached hydrogens (primary N) is 1. The Hall–Kier alpha value is -0.800. The van der Waals surface area contributed by atoms with Gasteiger partial charge < -0.3 is 15.0 Å². The van der Waals surface area contributed by atoms with Crippen LogP contribution in [0.15, 0.2) is 18.5 Å². The number of methoxy groups -OCH3 is 1. The van der Waals surface area contributed by atoms with Crippen molar-refractivity contribution >= 4 is 0 Å². The zero-order valence-corrected chi connectivity index (χ0v) is 7.66. The maximum atomic E-state index is 5.48. The van der Waals surface area contributed by atoms with Gasteiger partial charge in [0.25, 0.3) is 0 Å². The highest BCUT2D eigenvalue weighted by Crippen LogP contribution is 2.02. The van der Waals surface area contributed by atoms with Crippen LogP contribution in [0, 0.1) is 0 Å². The summed E-state index contributed by atoms with van der Waals surface area (Å²) in [6.07, 6.45) is 4.33. The van der Waals surface area contributed by atoms with Crippen molar-refractivity contribution in [3.8, 4) is 0 Å². The Bertz CT molecular complexity index is 232. The van der Waals surface area contributed by atoms with Crippen molar-refractivity contribution in [2.24, 2.45) is 5.73 Å². The molecule has 1 aromatic heterocycles. The highest BCUT2D eigenvalue weighted by molar-refractivity contribution is 5.09. The molecule has 68 valence electrons. The minimum atomic E-state index is 0.253. The Morgan fingerprint density at radius 1 is 1.67 bits per heavy atom. The molecule has 0 saturated carbocycles. The van der Waals surface area contributed by atoms with Crippen LogP contribution in [0.1, 0.15) is 12.5 Å². The van der Waals surface area contributed by atoms with Crippen LogP contribution in [0.5, 0.6) is 0 Å². The Morgan fingerprint density at radius 3 is 2.92 bits per heavy atom. The maximum absolute atomic E-state index is 5.48. The van der Waals surface area contributed by atoms with E-state index in [1.165, 1.54) is 5.56 Å². The zero-order valence-electron chi connectivity index (χ0n) is 7.66. The molecule has 1 heterocycles. The van der Waals surface area contributed by atoms with Gasteiger partial charge in [0.05, 0.1) is 6.10 Å². The van der Waals surface area contributed by atoms with Gasteiger partial charge in [-0.1, -0.05) is 0 Å². The average Bonchev–Trinajstić information content (AvgIpc) is 2.52. The molecule has 0 aliphatic heterocycles. The molecule has 1 aromatic rings. The molecule has 0 aliphatic carbocycles. The average molecular weight is 168 g/mol. The monoisotopic (exact) mass is 168 g/mol. The molecule has 1 unspecified atom stereocenters. The second-order valence-corrected chi connectivity index (χ2v) is 2.97. The lowest BCUT2D eigenvalue weighted by molar-refractivity contribution is 0.103. The molecular weight excluding hydrogens is 152 g/mol. The number of rotatable bonds is 4. The van der Waals surface area contributed by atoms with Gasteiger partial charge in [-0.2, -0.15) is 0 Å². The number of aromatic nitrogens is 1. The van der Waals surface area contributed by atoms with Crippen molar-refractivity contribution in [3.63, 3.8) is 0 Å². The van der Waals surface area contributed by atoms with Crippen LogP contribution in [0.25, 0.3) is 0 Å². The van der Waals surface area contributed by atoms with Crippen molar-refractivity contribution in [3.05, 3.63) is 24.0 Å². The molecule has 1 atom stereocenters. The van der Waals surface area contributed by atoms with E-state index in [0.29, 0.717) is 6.54 Å². The van der Waals surface area contributed by atoms with Gasteiger partial charge in [-0.25, -0.2) is 0 Å². The van der Waals surface area contributed by atoms with Gasteiger partial charge in [-0.05, 0) is 18.6 Å². The summed E-state index contributed by atoms with van der Waals surface area (Å²) in [5.41, 5.74) is 6.65. The number of hydrogen-bond donors (Lipinski definition) is 1. The van der Waals surface area contributed by atoms with Crippen molar-refractivity contribution in [1.29, 1.82) is 0 Å². The van der Waals surface area contributed by atoms with E-state index in [-0.39, 0.29) is 6.10 Å². The second-order valence-electron chi connectivity index (χ2n) is 2.97. The van der Waals surface area contributed by atoms with Gasteiger partial charge in [0.15, 0.2) is 0 Å². The first-order chi connectivity index (χ1) is 5.76. The number of ether oxygens (including phenoxy) is 1. The van der Waals surface area contributed by atoms with E-state index < -0.39 is 0 Å². The topological polar surface area (TPSA) is 40.2 Å². The fourth-order valence-electron chi connectivity index (χ4n) is 1.10. The minimum Gasteiger partial charge on any atom is -0.380 e. The molecule has 12 heavy (non-hydrogen) atoms. The van der Waals surface area contributed by atoms with Crippen molar-refractivity contribution in [2.75, 3.05) is 7.11 Å². The minimum absolute atomic E-state index is 0.253. The van der Waals surface area contributed by atoms with Crippen LogP contribution in [-0.4, -0.2) is 17.8 Å². The summed E-state index contributed by atoms with van der Waals surface area (Å²) >= 11 is 0. The lowest BCUT2D eigenvalue weighted by Gasteiger charge is -2.09. The third kappa shape index (κ3) is 2.36. The zero-order chi connectivity index (χ0) is 8.97. The van der Waals surface area contributed by atoms with Gasteiger partial charge in [0, 0.05) is 32.6 Å². The SMILES string of the molecule is COC(C)Cn1ccc(CN)c1. The van der Waals surface area contributed by atoms with Crippen molar-refractivity contribution in [2.45, 2.75) is 26.1 Å². The van der Waals surface area contributed by atoms with E-state index in [9.17, 15) is 0 Å². The first kappa shape index (κ1) is 9.29. The summed E-state index contributed by atoms with van der Waals surface area (Å²) in [6, 6.07) is 2.03. The molecule has 0 aliphatic rings. The van der Waals surface area contributed by atoms with Gasteiger partial charge in [0.2, 0.25) is 0 Å². The smallest absolute Gasteiger partial charge is 0.0721 e. The van der Waals surface area contributed by atoms with Gasteiger partial charge in [0.1, 0.15) is 0 Å². The number of hydrogen-bond acceptors (Lipinski definition) is 2. The summed E-state index contributed by atoms with van der Waals surface area (Å²) in [6.45, 7) is 3.53. The van der Waals surface area contributed by atoms with E-state index in [2.05, 4.69) is 10.8 Å². The first-order valence-electron chi connectivity index (χ1n) is 4.13. The molecule has 0 aromatic carbocycles. The summed E-state index contributed by atoms with van der Waals surface area (Å²) in [7, 11) is 1.72. The molecule has 0 spiro atoms. The highest BCUT2D eigenvalue weighted by atomic mass is 16.5. The van der Waals surface area contributed by atoms with Crippen molar-refractivity contribution in [1.82, 2.24) is 4.57 Å². The van der Waals surface area contributed by atoms with Gasteiger partial charge in [-0.3, -0.25) is 0 Å². The fourth-order valence-corrected chi connectivity index (χ4v) is 1.10. The van der Waals surface area contributed by atoms with E-state index in [0.717, 1.165) is 6.54 Å². The van der Waals surface area contributed by atoms with Gasteiger partial charge in [-0.15, -0.1) is 0 Å². The molecule has 0 saturated heterocycles. The van der Waals surface area contributed by atoms with Crippen LogP contribution in [-0.2, 0) is 17.8 Å². The van der Waals surface area contributed by atoms with Crippen LogP contribution >= 0.6 is 0 Å². The summed E-state index contributed by atoms with van der Waals surface area (Å²) in [5.74, 6) is 0. The molecule has 3 heteroatoms. The molecule has 0 amide bonds. The molecule has 2 N–H and O–H groups in total. The Balaban J connectivity index is 2.52. The quantitative estimate of drug-likeness (QED) is 0.728. The van der Waals surface area contributed by atoms with Gasteiger partial charge >= 0.3 is 0 Å². The lowest BCUT2D eigenvalue weighted by Crippen LogP contribution is -2.13. The Kier molecular flexibility index (Phi) is 3.31. The maximum Gasteiger partial charge on any atom is 0.0721 e. The van der Waals surface area contributed by atoms with Crippen LogP contribution < -0.4 is 5.73 Å². The third-order valence-electron chi connectivity index (χ3n) is 1.92. The predicted molar refractivity (Wildman–Crippen MR) is 48.8 cm³/mol. The largest absolute Gasteiger partial charge is 0.380 e. The predicted octanol–water partition coefficient (Wildman–Crippen LogP) is 0.982. The standard InChI is InChI=1S/C9H16N2O/c1-8(12-2)6-11-4-3-9(5-10)7-11/h3-4,7-8H,5-6,10H2,1-2H3. The molecule has 0 radical (unpaired) electrons. The van der Waals surface area contributed by atoms with E-state index in [4.69, 9.17) is 10.5 Å². The number of nitrogens with zero attached hydrogens (tertiary/aromatic N) is 1. The Labute approximate surface area is 73.1 Å². The Morgan fingerprint density at radius 2 is 2.42 bits per heavy atom. The molecule has 1 rings (SSSR count). The molecule has 0 fully saturated rings. The van der Waals surface area contributed by atoms with E-state index >= 15 is 0 Å². The highest BCUT2D eigenvalue weighted by Gasteiger charge is 2.00. The van der Waals surface area contributed by atoms with E-state index in [1.54, 1.807) is 7.11 Å². The molecule has 0 bridgehead atoms. The normalized spacial score (nSPS) is 13.2. The van der Waals surface area contributed by atoms with Crippen LogP contribution in [0.2, 0.25) is 0 Å². The second kappa shape index (κ2) is 4.28. The van der Waals surface area contributed by atoms with Crippen LogP contribution in [0.3, 0.4) is 0 Å². The summed E-state index contributed by atoms with van der Waals surface area (Å²) in [5, 5.41) is 0. The third-order valence-corrected chi connectivity index (χ3v) is 1.92.